The number of hydrogen-bond donors (Lipinski definition) is 1. The highest BCUT2D eigenvalue weighted by atomic mass is 32.2. The molecule has 0 aliphatic heterocycles. The summed E-state index contributed by atoms with van der Waals surface area (Å²) in [4.78, 5) is 8.84. The first-order chi connectivity index (χ1) is 14.4. The van der Waals surface area contributed by atoms with E-state index in [-0.39, 0.29) is 5.75 Å². The predicted molar refractivity (Wildman–Crippen MR) is 103 cm³/mol. The van der Waals surface area contributed by atoms with Gasteiger partial charge in [-0.2, -0.15) is 13.2 Å². The molecule has 30 heavy (non-hydrogen) atoms. The van der Waals surface area contributed by atoms with Crippen LogP contribution in [0, 0.1) is 0 Å². The number of methoxy groups -OCH3 is 1. The summed E-state index contributed by atoms with van der Waals surface area (Å²) in [5.41, 5.74) is 0.424. The molecule has 0 saturated heterocycles. The first-order valence-corrected chi connectivity index (χ1v) is 9.61. The summed E-state index contributed by atoms with van der Waals surface area (Å²) < 4.78 is 64.1. The van der Waals surface area contributed by atoms with Gasteiger partial charge in [-0.3, -0.25) is 4.72 Å². The molecule has 1 atom stereocenters. The number of benzene rings is 2. The van der Waals surface area contributed by atoms with Gasteiger partial charge in [-0.05, 0) is 36.4 Å². The molecule has 0 radical (unpaired) electrons. The lowest BCUT2D eigenvalue weighted by molar-refractivity contribution is -0.137. The van der Waals surface area contributed by atoms with Crippen molar-refractivity contribution in [3.63, 3.8) is 0 Å². The standard InChI is InChI=1S/C19H13F3N4O3S/c1-28-16-8-11(19(20,21)22)2-4-14(16)18-13-5-3-12(9-15(13)23-10-24-18)30(27)26-17-6-7-29-25-17/h2-10H,1H3,(H,25,26). The molecule has 0 fully saturated rings. The third-order valence-electron chi connectivity index (χ3n) is 4.24. The van der Waals surface area contributed by atoms with Crippen molar-refractivity contribution in [2.24, 2.45) is 0 Å². The Kier molecular flexibility index (Phi) is 5.12. The largest absolute Gasteiger partial charge is 0.496 e. The summed E-state index contributed by atoms with van der Waals surface area (Å²) in [5, 5.41) is 4.21. The normalized spacial score (nSPS) is 12.7. The SMILES string of the molecule is COc1cc(C(F)(F)F)ccc1-c1ncnc2cc(S(=O)Nc3ccon3)ccc12. The van der Waals surface area contributed by atoms with Crippen LogP contribution in [0.25, 0.3) is 22.2 Å². The highest BCUT2D eigenvalue weighted by molar-refractivity contribution is 7.86. The minimum Gasteiger partial charge on any atom is -0.496 e. The summed E-state index contributed by atoms with van der Waals surface area (Å²) in [6.45, 7) is 0. The quantitative estimate of drug-likeness (QED) is 0.499. The van der Waals surface area contributed by atoms with E-state index in [1.807, 2.05) is 0 Å². The highest BCUT2D eigenvalue weighted by Crippen LogP contribution is 2.38. The summed E-state index contributed by atoms with van der Waals surface area (Å²) in [7, 11) is -0.331. The number of anilines is 1. The van der Waals surface area contributed by atoms with Crippen LogP contribution in [-0.2, 0) is 17.2 Å². The van der Waals surface area contributed by atoms with E-state index in [0.29, 0.717) is 32.9 Å². The van der Waals surface area contributed by atoms with Crippen molar-refractivity contribution in [1.82, 2.24) is 15.1 Å². The van der Waals surface area contributed by atoms with E-state index in [0.717, 1.165) is 12.1 Å². The first kappa shape index (κ1) is 19.8. The molecule has 2 aromatic carbocycles. The zero-order valence-corrected chi connectivity index (χ0v) is 16.1. The van der Waals surface area contributed by atoms with Gasteiger partial charge in [0.25, 0.3) is 0 Å². The Morgan fingerprint density at radius 1 is 1.10 bits per heavy atom. The smallest absolute Gasteiger partial charge is 0.416 e. The van der Waals surface area contributed by atoms with Gasteiger partial charge < -0.3 is 9.26 Å². The molecule has 0 amide bonds. The van der Waals surface area contributed by atoms with Crippen LogP contribution in [0.2, 0.25) is 0 Å². The average Bonchev–Trinajstić information content (AvgIpc) is 3.24. The van der Waals surface area contributed by atoms with Crippen molar-refractivity contribution in [1.29, 1.82) is 0 Å². The van der Waals surface area contributed by atoms with E-state index in [2.05, 4.69) is 24.4 Å². The molecule has 0 bridgehead atoms. The molecular weight excluding hydrogens is 421 g/mol. The number of alkyl halides is 3. The fourth-order valence-corrected chi connectivity index (χ4v) is 3.67. The van der Waals surface area contributed by atoms with E-state index in [9.17, 15) is 17.4 Å². The summed E-state index contributed by atoms with van der Waals surface area (Å²) in [5.74, 6) is 0.344. The van der Waals surface area contributed by atoms with E-state index in [1.165, 1.54) is 31.8 Å². The van der Waals surface area contributed by atoms with Gasteiger partial charge in [-0.15, -0.1) is 0 Å². The second kappa shape index (κ2) is 7.75. The topological polar surface area (TPSA) is 90.1 Å². The lowest BCUT2D eigenvalue weighted by atomic mass is 10.0. The molecular formula is C19H13F3N4O3S. The molecule has 4 aromatic rings. The van der Waals surface area contributed by atoms with Crippen LogP contribution in [0.4, 0.5) is 19.0 Å². The van der Waals surface area contributed by atoms with Gasteiger partial charge >= 0.3 is 6.18 Å². The summed E-state index contributed by atoms with van der Waals surface area (Å²) in [6.07, 6.45) is -1.86. The maximum absolute atomic E-state index is 13.0. The zero-order valence-electron chi connectivity index (χ0n) is 15.3. The minimum atomic E-state index is -4.49. The lowest BCUT2D eigenvalue weighted by Gasteiger charge is -2.13. The van der Waals surface area contributed by atoms with E-state index in [1.54, 1.807) is 18.2 Å². The molecule has 2 heterocycles. The molecule has 11 heteroatoms. The molecule has 0 aliphatic rings. The lowest BCUT2D eigenvalue weighted by Crippen LogP contribution is -2.06. The number of hydrogen-bond acceptors (Lipinski definition) is 6. The van der Waals surface area contributed by atoms with Gasteiger partial charge in [0.2, 0.25) is 0 Å². The minimum absolute atomic E-state index is 0.0326. The number of ether oxygens (including phenoxy) is 1. The molecule has 7 nitrogen and oxygen atoms in total. The highest BCUT2D eigenvalue weighted by Gasteiger charge is 2.31. The van der Waals surface area contributed by atoms with E-state index in [4.69, 9.17) is 4.74 Å². The van der Waals surface area contributed by atoms with Crippen molar-refractivity contribution in [2.75, 3.05) is 11.8 Å². The van der Waals surface area contributed by atoms with E-state index < -0.39 is 22.7 Å². The fraction of sp³-hybridized carbons (Fsp3) is 0.105. The molecule has 0 spiro atoms. The molecule has 1 N–H and O–H groups in total. The Hall–Kier alpha value is -3.47. The third kappa shape index (κ3) is 3.83. The van der Waals surface area contributed by atoms with Crippen molar-refractivity contribution in [3.05, 3.63) is 60.6 Å². The monoisotopic (exact) mass is 434 g/mol. The van der Waals surface area contributed by atoms with Crippen molar-refractivity contribution >= 4 is 27.7 Å². The van der Waals surface area contributed by atoms with Crippen LogP contribution in [0.5, 0.6) is 5.75 Å². The van der Waals surface area contributed by atoms with Crippen molar-refractivity contribution in [2.45, 2.75) is 11.1 Å². The number of fused-ring (bicyclic) bond motifs is 1. The Labute approximate surface area is 170 Å². The Bertz CT molecular complexity index is 1230. The van der Waals surface area contributed by atoms with Crippen LogP contribution >= 0.6 is 0 Å². The predicted octanol–water partition coefficient (Wildman–Crippen LogP) is 4.45. The molecule has 1 unspecified atom stereocenters. The Morgan fingerprint density at radius 3 is 2.63 bits per heavy atom. The van der Waals surface area contributed by atoms with Crippen LogP contribution in [0.15, 0.2) is 64.5 Å². The van der Waals surface area contributed by atoms with Gasteiger partial charge in [-0.1, -0.05) is 5.16 Å². The number of halogens is 3. The van der Waals surface area contributed by atoms with Crippen molar-refractivity contribution in [3.8, 4) is 17.0 Å². The van der Waals surface area contributed by atoms with Gasteiger partial charge in [0.1, 0.15) is 18.3 Å². The summed E-state index contributed by atoms with van der Waals surface area (Å²) in [6, 6.07) is 9.58. The van der Waals surface area contributed by atoms with Crippen LogP contribution in [0.3, 0.4) is 0 Å². The van der Waals surface area contributed by atoms with Crippen LogP contribution in [-0.4, -0.2) is 26.4 Å². The third-order valence-corrected chi connectivity index (χ3v) is 5.32. The number of aromatic nitrogens is 3. The first-order valence-electron chi connectivity index (χ1n) is 8.46. The maximum atomic E-state index is 13.0. The van der Waals surface area contributed by atoms with Crippen molar-refractivity contribution < 1.29 is 26.6 Å². The van der Waals surface area contributed by atoms with Gasteiger partial charge in [0, 0.05) is 17.0 Å². The number of nitrogens with zero attached hydrogens (tertiary/aromatic N) is 3. The maximum Gasteiger partial charge on any atom is 0.416 e. The molecule has 2 aromatic heterocycles. The molecule has 0 aliphatic carbocycles. The Balaban J connectivity index is 1.75. The van der Waals surface area contributed by atoms with Gasteiger partial charge in [-0.25, -0.2) is 14.2 Å². The fourth-order valence-electron chi connectivity index (χ4n) is 2.85. The second-order valence-corrected chi connectivity index (χ2v) is 7.28. The summed E-state index contributed by atoms with van der Waals surface area (Å²) >= 11 is 0. The van der Waals surface area contributed by atoms with Gasteiger partial charge in [0.05, 0.1) is 28.8 Å². The number of nitrogens with one attached hydrogen (secondary N) is 1. The molecule has 154 valence electrons. The second-order valence-electron chi connectivity index (χ2n) is 6.07. The van der Waals surface area contributed by atoms with Gasteiger partial charge in [0.15, 0.2) is 16.8 Å². The zero-order chi connectivity index (χ0) is 21.3. The number of rotatable bonds is 5. The Morgan fingerprint density at radius 2 is 1.93 bits per heavy atom. The van der Waals surface area contributed by atoms with E-state index >= 15 is 0 Å². The molecule has 0 saturated carbocycles. The average molecular weight is 434 g/mol. The van der Waals surface area contributed by atoms with Crippen LogP contribution in [0.1, 0.15) is 5.56 Å². The van der Waals surface area contributed by atoms with Crippen LogP contribution < -0.4 is 9.46 Å². The molecule has 4 rings (SSSR count).